The van der Waals surface area contributed by atoms with Gasteiger partial charge in [-0.3, -0.25) is 14.4 Å². The number of carbonyl (C=O) groups excluding carboxylic acids is 3. The maximum atomic E-state index is 13.3. The Hall–Kier alpha value is -3.76. The van der Waals surface area contributed by atoms with Gasteiger partial charge in [0.05, 0.1) is 18.8 Å². The normalized spacial score (nSPS) is 20.4. The van der Waals surface area contributed by atoms with Gasteiger partial charge in [-0.1, -0.05) is 31.4 Å². The van der Waals surface area contributed by atoms with E-state index in [0.29, 0.717) is 49.3 Å². The quantitative estimate of drug-likeness (QED) is 0.356. The largest absolute Gasteiger partial charge is 0.489 e. The number of halogens is 2. The summed E-state index contributed by atoms with van der Waals surface area (Å²) in [4.78, 5) is 46.7. The molecule has 0 spiro atoms. The van der Waals surface area contributed by atoms with E-state index in [0.717, 1.165) is 31.2 Å². The van der Waals surface area contributed by atoms with Crippen LogP contribution in [0.4, 0.5) is 8.78 Å². The van der Waals surface area contributed by atoms with Crippen molar-refractivity contribution >= 4 is 17.7 Å². The lowest BCUT2D eigenvalue weighted by Crippen LogP contribution is -2.45. The first-order chi connectivity index (χ1) is 21.2. The van der Waals surface area contributed by atoms with Gasteiger partial charge in [0, 0.05) is 33.0 Å². The number of aromatic nitrogens is 1. The molecule has 1 N–H and O–H groups in total. The number of alkyl halides is 2. The zero-order chi connectivity index (χ0) is 31.2. The molecule has 11 heteroatoms. The van der Waals surface area contributed by atoms with Crippen LogP contribution in [-0.4, -0.2) is 71.9 Å². The van der Waals surface area contributed by atoms with Crippen molar-refractivity contribution in [1.29, 1.82) is 0 Å². The van der Waals surface area contributed by atoms with Crippen molar-refractivity contribution in [3.05, 3.63) is 53.3 Å². The lowest BCUT2D eigenvalue weighted by Gasteiger charge is -2.27. The van der Waals surface area contributed by atoms with Gasteiger partial charge in [0.25, 0.3) is 5.91 Å². The Morgan fingerprint density at radius 2 is 1.82 bits per heavy atom. The van der Waals surface area contributed by atoms with E-state index in [2.05, 4.69) is 15.0 Å². The fraction of sp³-hybridized carbons (Fsp3) is 0.576. The molecule has 0 radical (unpaired) electrons. The van der Waals surface area contributed by atoms with E-state index < -0.39 is 12.7 Å². The fourth-order valence-corrected chi connectivity index (χ4v) is 6.28. The summed E-state index contributed by atoms with van der Waals surface area (Å²) in [5.74, 6) is 0.246. The minimum atomic E-state index is -2.98. The number of hydrogen-bond donors (Lipinski definition) is 1. The van der Waals surface area contributed by atoms with E-state index in [4.69, 9.17) is 4.74 Å². The molecular weight excluding hydrogens is 570 g/mol. The summed E-state index contributed by atoms with van der Waals surface area (Å²) < 4.78 is 36.5. The monoisotopic (exact) mass is 612 g/mol. The van der Waals surface area contributed by atoms with Crippen LogP contribution in [0.3, 0.4) is 0 Å². The molecule has 2 aliphatic carbocycles. The third-order valence-electron chi connectivity index (χ3n) is 8.91. The SMILES string of the molecule is CC(=O)N1CC(c2ccc(OC(F)F)c(OCC3CC3)c2)C[C@@H]1C(=O)NCc1cccc(C(=O)N(C)CC2CCCCC2)n1. The van der Waals surface area contributed by atoms with E-state index in [1.54, 1.807) is 35.2 Å². The lowest BCUT2D eigenvalue weighted by atomic mass is 9.89. The molecule has 2 heterocycles. The van der Waals surface area contributed by atoms with Crippen LogP contribution in [0, 0.1) is 11.8 Å². The molecule has 1 saturated heterocycles. The molecule has 2 atom stereocenters. The number of amides is 3. The van der Waals surface area contributed by atoms with Crippen LogP contribution in [0.1, 0.15) is 86.0 Å². The van der Waals surface area contributed by atoms with Crippen LogP contribution >= 0.6 is 0 Å². The molecule has 0 bridgehead atoms. The van der Waals surface area contributed by atoms with Gasteiger partial charge in [0.15, 0.2) is 11.5 Å². The van der Waals surface area contributed by atoms with Crippen LogP contribution in [0.25, 0.3) is 0 Å². The first-order valence-corrected chi connectivity index (χ1v) is 15.7. The van der Waals surface area contributed by atoms with E-state index in [1.165, 1.54) is 37.2 Å². The smallest absolute Gasteiger partial charge is 0.387 e. The number of nitrogens with zero attached hydrogens (tertiary/aromatic N) is 3. The number of ether oxygens (including phenoxy) is 2. The predicted octanol–water partition coefficient (Wildman–Crippen LogP) is 5.14. The Labute approximate surface area is 257 Å². The molecule has 1 aromatic heterocycles. The topological polar surface area (TPSA) is 101 Å². The van der Waals surface area contributed by atoms with Gasteiger partial charge in [-0.25, -0.2) is 4.98 Å². The Bertz CT molecular complexity index is 1330. The minimum Gasteiger partial charge on any atom is -0.489 e. The first kappa shape index (κ1) is 31.7. The molecule has 1 aromatic carbocycles. The third-order valence-corrected chi connectivity index (χ3v) is 8.91. The number of benzene rings is 1. The van der Waals surface area contributed by atoms with Gasteiger partial charge in [0.1, 0.15) is 11.7 Å². The molecule has 3 fully saturated rings. The molecule has 1 aliphatic heterocycles. The van der Waals surface area contributed by atoms with Gasteiger partial charge >= 0.3 is 6.61 Å². The van der Waals surface area contributed by atoms with Gasteiger partial charge in [0.2, 0.25) is 11.8 Å². The number of nitrogens with one attached hydrogen (secondary N) is 1. The molecule has 5 rings (SSSR count). The molecule has 238 valence electrons. The van der Waals surface area contributed by atoms with Gasteiger partial charge in [-0.15, -0.1) is 0 Å². The van der Waals surface area contributed by atoms with Crippen molar-refractivity contribution in [2.75, 3.05) is 26.7 Å². The van der Waals surface area contributed by atoms with Crippen LogP contribution in [0.15, 0.2) is 36.4 Å². The number of hydrogen-bond acceptors (Lipinski definition) is 6. The summed E-state index contributed by atoms with van der Waals surface area (Å²) in [6.45, 7) is -0.00456. The Morgan fingerprint density at radius 1 is 1.05 bits per heavy atom. The summed E-state index contributed by atoms with van der Waals surface area (Å²) >= 11 is 0. The van der Waals surface area contributed by atoms with Gasteiger partial charge in [-0.05, 0) is 73.8 Å². The number of carbonyl (C=O) groups is 3. The maximum Gasteiger partial charge on any atom is 0.387 e. The third kappa shape index (κ3) is 8.24. The second-order valence-corrected chi connectivity index (χ2v) is 12.4. The highest BCUT2D eigenvalue weighted by atomic mass is 19.3. The number of likely N-dealkylation sites (tertiary alicyclic amines) is 1. The van der Waals surface area contributed by atoms with E-state index in [9.17, 15) is 23.2 Å². The second-order valence-electron chi connectivity index (χ2n) is 12.4. The Balaban J connectivity index is 1.21. The molecule has 3 amide bonds. The molecule has 44 heavy (non-hydrogen) atoms. The summed E-state index contributed by atoms with van der Waals surface area (Å²) in [5.41, 5.74) is 1.66. The zero-order valence-electron chi connectivity index (χ0n) is 25.5. The predicted molar refractivity (Wildman–Crippen MR) is 159 cm³/mol. The fourth-order valence-electron chi connectivity index (χ4n) is 6.28. The highest BCUT2D eigenvalue weighted by molar-refractivity contribution is 5.92. The van der Waals surface area contributed by atoms with E-state index in [1.807, 2.05) is 7.05 Å². The van der Waals surface area contributed by atoms with Crippen molar-refractivity contribution in [2.24, 2.45) is 11.8 Å². The average molecular weight is 613 g/mol. The summed E-state index contributed by atoms with van der Waals surface area (Å²) in [6, 6.07) is 9.31. The molecule has 3 aliphatic rings. The standard InChI is InChI=1S/C33H42F2N4O5/c1-21(40)39-19-25(24-13-14-29(44-33(34)35)30(16-24)43-20-23-11-12-23)15-28(39)31(41)36-17-26-9-6-10-27(37-26)32(42)38(2)18-22-7-4-3-5-8-22/h6,9-10,13-14,16,22-23,25,28,33H,3-5,7-8,11-12,15,17-20H2,1-2H3,(H,36,41)/t25?,28-/m1/s1. The van der Waals surface area contributed by atoms with Crippen molar-refractivity contribution in [3.63, 3.8) is 0 Å². The van der Waals surface area contributed by atoms with Crippen molar-refractivity contribution in [1.82, 2.24) is 20.1 Å². The van der Waals surface area contributed by atoms with Crippen LogP contribution < -0.4 is 14.8 Å². The summed E-state index contributed by atoms with van der Waals surface area (Å²) in [6.07, 6.45) is 8.42. The lowest BCUT2D eigenvalue weighted by molar-refractivity contribution is -0.136. The van der Waals surface area contributed by atoms with E-state index >= 15 is 0 Å². The van der Waals surface area contributed by atoms with Crippen LogP contribution in [0.5, 0.6) is 11.5 Å². The molecule has 9 nitrogen and oxygen atoms in total. The molecule has 2 aromatic rings. The summed E-state index contributed by atoms with van der Waals surface area (Å²) in [5, 5.41) is 2.89. The Kier molecular flexibility index (Phi) is 10.3. The number of pyridine rings is 1. The van der Waals surface area contributed by atoms with Gasteiger partial charge in [-0.2, -0.15) is 8.78 Å². The van der Waals surface area contributed by atoms with Crippen molar-refractivity contribution < 1.29 is 32.6 Å². The van der Waals surface area contributed by atoms with Crippen LogP contribution in [0.2, 0.25) is 0 Å². The number of rotatable bonds is 12. The Morgan fingerprint density at radius 3 is 2.52 bits per heavy atom. The molecule has 1 unspecified atom stereocenters. The second kappa shape index (κ2) is 14.3. The highest BCUT2D eigenvalue weighted by Crippen LogP contribution is 2.39. The summed E-state index contributed by atoms with van der Waals surface area (Å²) in [7, 11) is 1.81. The maximum absolute atomic E-state index is 13.3. The average Bonchev–Trinajstić information content (AvgIpc) is 3.74. The molecule has 2 saturated carbocycles. The first-order valence-electron chi connectivity index (χ1n) is 15.7. The highest BCUT2D eigenvalue weighted by Gasteiger charge is 2.39. The zero-order valence-corrected chi connectivity index (χ0v) is 25.5. The van der Waals surface area contributed by atoms with Crippen LogP contribution in [-0.2, 0) is 16.1 Å². The van der Waals surface area contributed by atoms with Crippen molar-refractivity contribution in [3.8, 4) is 11.5 Å². The molecular formula is C33H42F2N4O5. The van der Waals surface area contributed by atoms with E-state index in [-0.39, 0.29) is 41.7 Å². The minimum absolute atomic E-state index is 0.0338. The van der Waals surface area contributed by atoms with Gasteiger partial charge < -0.3 is 24.6 Å². The van der Waals surface area contributed by atoms with Crippen molar-refractivity contribution in [2.45, 2.75) is 83.4 Å².